The summed E-state index contributed by atoms with van der Waals surface area (Å²) in [6.07, 6.45) is 1.85. The molecule has 3 aromatic carbocycles. The number of fused-ring (bicyclic) bond motifs is 2. The van der Waals surface area contributed by atoms with E-state index in [1.165, 1.54) is 27.1 Å². The highest BCUT2D eigenvalue weighted by atomic mass is 79.9. The molecule has 4 aromatic rings. The van der Waals surface area contributed by atoms with Crippen LogP contribution in [-0.4, -0.2) is 4.98 Å². The molecule has 1 aromatic heterocycles. The summed E-state index contributed by atoms with van der Waals surface area (Å²) in [7, 11) is 0. The molecule has 100 valence electrons. The number of nitrogens with zero attached hydrogens (tertiary/aromatic N) is 1. The maximum absolute atomic E-state index is 4.56. The number of hydrogen-bond donors (Lipinski definition) is 0. The molecule has 0 radical (unpaired) electrons. The second-order valence-corrected chi connectivity index (χ2v) is 5.79. The van der Waals surface area contributed by atoms with Gasteiger partial charge in [0, 0.05) is 16.2 Å². The van der Waals surface area contributed by atoms with E-state index in [4.69, 9.17) is 0 Å². The lowest BCUT2D eigenvalue weighted by Gasteiger charge is -2.13. The van der Waals surface area contributed by atoms with Gasteiger partial charge in [-0.15, -0.1) is 0 Å². The molecule has 2 heteroatoms. The molecule has 0 N–H and O–H groups in total. The third-order valence-corrected chi connectivity index (χ3v) is 4.64. The molecule has 0 saturated heterocycles. The van der Waals surface area contributed by atoms with Gasteiger partial charge in [0.2, 0.25) is 0 Å². The van der Waals surface area contributed by atoms with Crippen LogP contribution in [0.2, 0.25) is 0 Å². The molecule has 0 fully saturated rings. The monoisotopic (exact) mass is 333 g/mol. The van der Waals surface area contributed by atoms with Gasteiger partial charge < -0.3 is 0 Å². The van der Waals surface area contributed by atoms with Gasteiger partial charge in [0.05, 0.1) is 5.69 Å². The molecule has 4 rings (SSSR count). The van der Waals surface area contributed by atoms with E-state index in [2.05, 4.69) is 75.5 Å². The van der Waals surface area contributed by atoms with Crippen molar-refractivity contribution in [2.45, 2.75) is 0 Å². The van der Waals surface area contributed by atoms with E-state index in [1.807, 2.05) is 18.3 Å². The van der Waals surface area contributed by atoms with Crippen LogP contribution in [0, 0.1) is 0 Å². The molecular weight excluding hydrogens is 322 g/mol. The maximum Gasteiger partial charge on any atom is 0.0714 e. The summed E-state index contributed by atoms with van der Waals surface area (Å²) >= 11 is 3.77. The first-order valence-corrected chi connectivity index (χ1v) is 7.66. The number of pyridine rings is 1. The third kappa shape index (κ3) is 1.95. The number of rotatable bonds is 1. The molecule has 21 heavy (non-hydrogen) atoms. The fourth-order valence-corrected chi connectivity index (χ4v) is 3.55. The first-order valence-electron chi connectivity index (χ1n) is 6.86. The van der Waals surface area contributed by atoms with E-state index in [0.29, 0.717) is 0 Å². The zero-order chi connectivity index (χ0) is 14.2. The van der Waals surface area contributed by atoms with Crippen molar-refractivity contribution in [3.63, 3.8) is 0 Å². The normalized spacial score (nSPS) is 11.1. The number of halogens is 1. The van der Waals surface area contributed by atoms with Gasteiger partial charge in [-0.2, -0.15) is 0 Å². The fraction of sp³-hybridized carbons (Fsp3) is 0. The molecule has 0 aliphatic carbocycles. The van der Waals surface area contributed by atoms with Gasteiger partial charge in [-0.1, -0.05) is 54.6 Å². The highest BCUT2D eigenvalue weighted by molar-refractivity contribution is 9.10. The molecule has 1 heterocycles. The van der Waals surface area contributed by atoms with Crippen LogP contribution in [0.5, 0.6) is 0 Å². The second kappa shape index (κ2) is 4.97. The van der Waals surface area contributed by atoms with Crippen LogP contribution in [0.4, 0.5) is 0 Å². The smallest absolute Gasteiger partial charge is 0.0714 e. The number of hydrogen-bond acceptors (Lipinski definition) is 1. The largest absolute Gasteiger partial charge is 0.256 e. The maximum atomic E-state index is 4.56. The lowest BCUT2D eigenvalue weighted by molar-refractivity contribution is 1.34. The SMILES string of the molecule is Brc1c2ccccc2c(-c2ccccn2)c2ccccc12. The van der Waals surface area contributed by atoms with Gasteiger partial charge in [0.25, 0.3) is 0 Å². The molecular formula is C19H12BrN. The Kier molecular flexibility index (Phi) is 2.97. The van der Waals surface area contributed by atoms with Gasteiger partial charge in [0.1, 0.15) is 0 Å². The average Bonchev–Trinajstić information content (AvgIpc) is 2.56. The van der Waals surface area contributed by atoms with Crippen molar-refractivity contribution in [3.05, 3.63) is 77.4 Å². The molecule has 0 saturated carbocycles. The Balaban J connectivity index is 2.28. The van der Waals surface area contributed by atoms with Crippen molar-refractivity contribution in [1.82, 2.24) is 4.98 Å². The summed E-state index contributed by atoms with van der Waals surface area (Å²) in [5.74, 6) is 0. The first-order chi connectivity index (χ1) is 10.4. The summed E-state index contributed by atoms with van der Waals surface area (Å²) in [5.41, 5.74) is 2.21. The average molecular weight is 334 g/mol. The molecule has 0 spiro atoms. The zero-order valence-corrected chi connectivity index (χ0v) is 12.8. The van der Waals surface area contributed by atoms with Crippen molar-refractivity contribution in [2.24, 2.45) is 0 Å². The van der Waals surface area contributed by atoms with Crippen LogP contribution < -0.4 is 0 Å². The van der Waals surface area contributed by atoms with Crippen LogP contribution in [0.1, 0.15) is 0 Å². The summed E-state index contributed by atoms with van der Waals surface area (Å²) in [5, 5.41) is 4.89. The molecule has 0 aliphatic rings. The van der Waals surface area contributed by atoms with E-state index in [1.54, 1.807) is 0 Å². The van der Waals surface area contributed by atoms with Crippen LogP contribution >= 0.6 is 15.9 Å². The van der Waals surface area contributed by atoms with E-state index in [9.17, 15) is 0 Å². The summed E-state index contributed by atoms with van der Waals surface area (Å²) in [6, 6.07) is 23.0. The van der Waals surface area contributed by atoms with Gasteiger partial charge in [0.15, 0.2) is 0 Å². The first kappa shape index (κ1) is 12.5. The Hall–Kier alpha value is -2.19. The van der Waals surface area contributed by atoms with Gasteiger partial charge in [-0.05, 0) is 49.6 Å². The Morgan fingerprint density at radius 1 is 0.619 bits per heavy atom. The van der Waals surface area contributed by atoms with Crippen LogP contribution in [-0.2, 0) is 0 Å². The van der Waals surface area contributed by atoms with Crippen LogP contribution in [0.25, 0.3) is 32.8 Å². The van der Waals surface area contributed by atoms with E-state index >= 15 is 0 Å². The topological polar surface area (TPSA) is 12.9 Å². The Bertz CT molecular complexity index is 888. The fourth-order valence-electron chi connectivity index (χ4n) is 2.86. The van der Waals surface area contributed by atoms with Crippen LogP contribution in [0.3, 0.4) is 0 Å². The molecule has 1 nitrogen and oxygen atoms in total. The highest BCUT2D eigenvalue weighted by Gasteiger charge is 2.13. The van der Waals surface area contributed by atoms with E-state index in [-0.39, 0.29) is 0 Å². The molecule has 0 bridgehead atoms. The predicted molar refractivity (Wildman–Crippen MR) is 92.4 cm³/mol. The zero-order valence-electron chi connectivity index (χ0n) is 11.3. The lowest BCUT2D eigenvalue weighted by atomic mass is 9.94. The number of benzene rings is 3. The van der Waals surface area contributed by atoms with Gasteiger partial charge in [-0.25, -0.2) is 0 Å². The summed E-state index contributed by atoms with van der Waals surface area (Å²) < 4.78 is 1.15. The quantitative estimate of drug-likeness (QED) is 0.400. The van der Waals surface area contributed by atoms with Crippen LogP contribution in [0.15, 0.2) is 77.4 Å². The Labute approximate surface area is 131 Å². The molecule has 0 amide bonds. The summed E-state index contributed by atoms with van der Waals surface area (Å²) in [6.45, 7) is 0. The van der Waals surface area contributed by atoms with Crippen molar-refractivity contribution >= 4 is 37.5 Å². The minimum atomic E-state index is 1.01. The minimum Gasteiger partial charge on any atom is -0.256 e. The van der Waals surface area contributed by atoms with Gasteiger partial charge in [-0.3, -0.25) is 4.98 Å². The molecule has 0 atom stereocenters. The Morgan fingerprint density at radius 3 is 1.67 bits per heavy atom. The number of aromatic nitrogens is 1. The van der Waals surface area contributed by atoms with Crippen molar-refractivity contribution in [2.75, 3.05) is 0 Å². The minimum absolute atomic E-state index is 1.01. The summed E-state index contributed by atoms with van der Waals surface area (Å²) in [4.78, 5) is 4.56. The van der Waals surface area contributed by atoms with Crippen molar-refractivity contribution in [3.8, 4) is 11.3 Å². The second-order valence-electron chi connectivity index (χ2n) is 5.00. The van der Waals surface area contributed by atoms with E-state index < -0.39 is 0 Å². The molecule has 0 aliphatic heterocycles. The third-order valence-electron chi connectivity index (χ3n) is 3.79. The van der Waals surface area contributed by atoms with Gasteiger partial charge >= 0.3 is 0 Å². The van der Waals surface area contributed by atoms with Crippen molar-refractivity contribution < 1.29 is 0 Å². The Morgan fingerprint density at radius 2 is 1.14 bits per heavy atom. The predicted octanol–water partition coefficient (Wildman–Crippen LogP) is 5.82. The highest BCUT2D eigenvalue weighted by Crippen LogP contribution is 2.40. The molecule has 0 unspecified atom stereocenters. The van der Waals surface area contributed by atoms with Crippen molar-refractivity contribution in [1.29, 1.82) is 0 Å². The van der Waals surface area contributed by atoms with E-state index in [0.717, 1.165) is 10.2 Å². The lowest BCUT2D eigenvalue weighted by Crippen LogP contribution is -1.89. The standard InChI is InChI=1S/C19H12BrN/c20-19-15-9-3-1-7-13(15)18(17-11-5-6-12-21-17)14-8-2-4-10-16(14)19/h1-12H.